The number of hydrogen-bond donors (Lipinski definition) is 1. The molecule has 104 valence electrons. The van der Waals surface area contributed by atoms with Crippen LogP contribution in [0.4, 0.5) is 0 Å². The summed E-state index contributed by atoms with van der Waals surface area (Å²) >= 11 is 0. The lowest BCUT2D eigenvalue weighted by Gasteiger charge is -2.27. The van der Waals surface area contributed by atoms with Gasteiger partial charge in [0.15, 0.2) is 0 Å². The molecule has 4 heteroatoms. The third-order valence-electron chi connectivity index (χ3n) is 4.28. The molecule has 2 aliphatic carbocycles. The highest BCUT2D eigenvalue weighted by Crippen LogP contribution is 2.28. The van der Waals surface area contributed by atoms with Gasteiger partial charge in [0, 0.05) is 11.6 Å². The van der Waals surface area contributed by atoms with Gasteiger partial charge in [-0.15, -0.1) is 0 Å². The molecule has 1 aromatic rings. The molecule has 2 atom stereocenters. The SMILES string of the molecule is NC1CCCC(Oc2ncnc3c2CCCCC3)C1. The van der Waals surface area contributed by atoms with Crippen molar-refractivity contribution >= 4 is 0 Å². The number of nitrogens with zero attached hydrogens (tertiary/aromatic N) is 2. The molecule has 2 unspecified atom stereocenters. The molecule has 4 nitrogen and oxygen atoms in total. The Bertz CT molecular complexity index is 435. The third kappa shape index (κ3) is 3.06. The molecule has 0 spiro atoms. The summed E-state index contributed by atoms with van der Waals surface area (Å²) in [4.78, 5) is 8.81. The minimum absolute atomic E-state index is 0.242. The van der Waals surface area contributed by atoms with E-state index in [9.17, 15) is 0 Å². The van der Waals surface area contributed by atoms with Crippen molar-refractivity contribution in [3.8, 4) is 5.88 Å². The molecule has 2 aliphatic rings. The minimum Gasteiger partial charge on any atom is -0.474 e. The van der Waals surface area contributed by atoms with Crippen molar-refractivity contribution in [3.63, 3.8) is 0 Å². The molecular weight excluding hydrogens is 238 g/mol. The third-order valence-corrected chi connectivity index (χ3v) is 4.28. The normalized spacial score (nSPS) is 27.4. The van der Waals surface area contributed by atoms with E-state index in [1.165, 1.54) is 36.9 Å². The van der Waals surface area contributed by atoms with Gasteiger partial charge in [-0.1, -0.05) is 6.42 Å². The quantitative estimate of drug-likeness (QED) is 0.830. The summed E-state index contributed by atoms with van der Waals surface area (Å²) in [5.74, 6) is 0.825. The lowest BCUT2D eigenvalue weighted by Crippen LogP contribution is -2.34. The molecule has 0 bridgehead atoms. The summed E-state index contributed by atoms with van der Waals surface area (Å²) in [5.41, 5.74) is 8.47. The van der Waals surface area contributed by atoms with Crippen LogP contribution in [0.5, 0.6) is 5.88 Å². The second-order valence-electron chi connectivity index (χ2n) is 5.83. The molecule has 0 aromatic carbocycles. The monoisotopic (exact) mass is 261 g/mol. The zero-order valence-corrected chi connectivity index (χ0v) is 11.5. The van der Waals surface area contributed by atoms with Gasteiger partial charge < -0.3 is 10.5 Å². The number of aryl methyl sites for hydroxylation is 1. The van der Waals surface area contributed by atoms with Crippen molar-refractivity contribution in [2.45, 2.75) is 69.9 Å². The van der Waals surface area contributed by atoms with E-state index in [0.717, 1.165) is 38.0 Å². The molecule has 19 heavy (non-hydrogen) atoms. The van der Waals surface area contributed by atoms with E-state index in [0.29, 0.717) is 6.04 Å². The van der Waals surface area contributed by atoms with Crippen molar-refractivity contribution in [1.82, 2.24) is 9.97 Å². The Morgan fingerprint density at radius 1 is 1.05 bits per heavy atom. The predicted molar refractivity (Wildman–Crippen MR) is 74.2 cm³/mol. The van der Waals surface area contributed by atoms with Crippen LogP contribution < -0.4 is 10.5 Å². The van der Waals surface area contributed by atoms with Gasteiger partial charge in [-0.25, -0.2) is 9.97 Å². The van der Waals surface area contributed by atoms with Gasteiger partial charge in [0.2, 0.25) is 5.88 Å². The van der Waals surface area contributed by atoms with Gasteiger partial charge in [0.05, 0.1) is 5.69 Å². The first-order valence-corrected chi connectivity index (χ1v) is 7.58. The molecular formula is C15H23N3O. The van der Waals surface area contributed by atoms with Crippen LogP contribution in [-0.2, 0) is 12.8 Å². The highest BCUT2D eigenvalue weighted by Gasteiger charge is 2.23. The Balaban J connectivity index is 1.77. The Hall–Kier alpha value is -1.16. The van der Waals surface area contributed by atoms with Crippen LogP contribution in [-0.4, -0.2) is 22.1 Å². The van der Waals surface area contributed by atoms with Crippen LogP contribution in [0.2, 0.25) is 0 Å². The van der Waals surface area contributed by atoms with Crippen LogP contribution in [0.15, 0.2) is 6.33 Å². The lowest BCUT2D eigenvalue weighted by atomic mass is 9.93. The van der Waals surface area contributed by atoms with E-state index in [-0.39, 0.29) is 6.10 Å². The minimum atomic E-state index is 0.242. The van der Waals surface area contributed by atoms with Gasteiger partial charge in [-0.3, -0.25) is 0 Å². The van der Waals surface area contributed by atoms with Crippen molar-refractivity contribution in [1.29, 1.82) is 0 Å². The summed E-state index contributed by atoms with van der Waals surface area (Å²) in [6.07, 6.45) is 12.1. The van der Waals surface area contributed by atoms with Crippen molar-refractivity contribution in [2.24, 2.45) is 5.73 Å². The van der Waals surface area contributed by atoms with Crippen LogP contribution in [0.3, 0.4) is 0 Å². The summed E-state index contributed by atoms with van der Waals surface area (Å²) < 4.78 is 6.15. The maximum Gasteiger partial charge on any atom is 0.220 e. The van der Waals surface area contributed by atoms with Gasteiger partial charge in [-0.2, -0.15) is 0 Å². The van der Waals surface area contributed by atoms with Crippen LogP contribution in [0.1, 0.15) is 56.2 Å². The van der Waals surface area contributed by atoms with Gasteiger partial charge in [-0.05, 0) is 51.4 Å². The lowest BCUT2D eigenvalue weighted by molar-refractivity contribution is 0.137. The molecule has 0 aliphatic heterocycles. The average molecular weight is 261 g/mol. The zero-order chi connectivity index (χ0) is 13.1. The van der Waals surface area contributed by atoms with E-state index in [2.05, 4.69) is 9.97 Å². The first-order valence-electron chi connectivity index (χ1n) is 7.58. The maximum atomic E-state index is 6.15. The fraction of sp³-hybridized carbons (Fsp3) is 0.733. The van der Waals surface area contributed by atoms with E-state index in [1.807, 2.05) is 0 Å². The second-order valence-corrected chi connectivity index (χ2v) is 5.83. The van der Waals surface area contributed by atoms with Crippen LogP contribution in [0, 0.1) is 0 Å². The van der Waals surface area contributed by atoms with Crippen LogP contribution in [0.25, 0.3) is 0 Å². The Labute approximate surface area is 114 Å². The topological polar surface area (TPSA) is 61.0 Å². The number of aromatic nitrogens is 2. The number of nitrogens with two attached hydrogens (primary N) is 1. The standard InChI is InChI=1S/C15H23N3O/c16-11-5-4-6-12(9-11)19-15-13-7-2-1-3-8-14(13)17-10-18-15/h10-12H,1-9,16H2. The summed E-state index contributed by atoms with van der Waals surface area (Å²) in [5, 5.41) is 0. The number of hydrogen-bond acceptors (Lipinski definition) is 4. The van der Waals surface area contributed by atoms with E-state index in [1.54, 1.807) is 6.33 Å². The Morgan fingerprint density at radius 2 is 1.95 bits per heavy atom. The van der Waals surface area contributed by atoms with Gasteiger partial charge >= 0.3 is 0 Å². The number of fused-ring (bicyclic) bond motifs is 1. The predicted octanol–water partition coefficient (Wildman–Crippen LogP) is 2.39. The highest BCUT2D eigenvalue weighted by molar-refractivity contribution is 5.31. The van der Waals surface area contributed by atoms with Gasteiger partial charge in [0.25, 0.3) is 0 Å². The summed E-state index contributed by atoms with van der Waals surface area (Å²) in [6, 6.07) is 0.291. The maximum absolute atomic E-state index is 6.15. The number of rotatable bonds is 2. The highest BCUT2D eigenvalue weighted by atomic mass is 16.5. The fourth-order valence-corrected chi connectivity index (χ4v) is 3.22. The molecule has 1 saturated carbocycles. The number of ether oxygens (including phenoxy) is 1. The molecule has 3 rings (SSSR count). The molecule has 1 fully saturated rings. The Morgan fingerprint density at radius 3 is 2.84 bits per heavy atom. The summed E-state index contributed by atoms with van der Waals surface area (Å²) in [7, 11) is 0. The first-order chi connectivity index (χ1) is 9.33. The molecule has 0 amide bonds. The zero-order valence-electron chi connectivity index (χ0n) is 11.5. The molecule has 0 saturated heterocycles. The van der Waals surface area contributed by atoms with E-state index in [4.69, 9.17) is 10.5 Å². The van der Waals surface area contributed by atoms with Crippen molar-refractivity contribution in [3.05, 3.63) is 17.6 Å². The van der Waals surface area contributed by atoms with E-state index >= 15 is 0 Å². The largest absolute Gasteiger partial charge is 0.474 e. The van der Waals surface area contributed by atoms with Crippen molar-refractivity contribution in [2.75, 3.05) is 0 Å². The van der Waals surface area contributed by atoms with Crippen LogP contribution >= 0.6 is 0 Å². The van der Waals surface area contributed by atoms with Crippen molar-refractivity contribution < 1.29 is 4.74 Å². The molecule has 1 heterocycles. The Kier molecular flexibility index (Phi) is 3.97. The molecule has 1 aromatic heterocycles. The molecule has 0 radical (unpaired) electrons. The first kappa shape index (κ1) is 12.9. The van der Waals surface area contributed by atoms with Gasteiger partial charge in [0.1, 0.15) is 12.4 Å². The molecule has 2 N–H and O–H groups in total. The van der Waals surface area contributed by atoms with E-state index < -0.39 is 0 Å². The fourth-order valence-electron chi connectivity index (χ4n) is 3.22. The smallest absolute Gasteiger partial charge is 0.220 e. The second kappa shape index (κ2) is 5.87. The summed E-state index contributed by atoms with van der Waals surface area (Å²) in [6.45, 7) is 0. The average Bonchev–Trinajstić information content (AvgIpc) is 2.65.